The molecule has 0 aromatic heterocycles. The largest absolute Gasteiger partial charge is 0.461 e. The van der Waals surface area contributed by atoms with E-state index in [9.17, 15) is 19.5 Å². The molecule has 0 saturated carbocycles. The van der Waals surface area contributed by atoms with Crippen LogP contribution < -0.4 is 4.90 Å². The smallest absolute Gasteiger partial charge is 0.311 e. The first-order chi connectivity index (χ1) is 18.5. The highest BCUT2D eigenvalue weighted by Gasteiger charge is 2.76. The third-order valence-electron chi connectivity index (χ3n) is 8.16. The zero-order valence-electron chi connectivity index (χ0n) is 23.1. The number of hydrogen-bond donors (Lipinski definition) is 1. The van der Waals surface area contributed by atoms with Gasteiger partial charge in [-0.1, -0.05) is 60.6 Å². The first kappa shape index (κ1) is 29.9. The number of rotatable bonds is 11. The van der Waals surface area contributed by atoms with E-state index in [-0.39, 0.29) is 47.6 Å². The van der Waals surface area contributed by atoms with E-state index in [0.717, 1.165) is 16.8 Å². The molecule has 3 heterocycles. The predicted molar refractivity (Wildman–Crippen MR) is 159 cm³/mol. The number of amides is 2. The van der Waals surface area contributed by atoms with E-state index in [1.54, 1.807) is 27.6 Å². The second-order valence-electron chi connectivity index (χ2n) is 11.3. The van der Waals surface area contributed by atoms with Crippen LogP contribution in [0.4, 0.5) is 5.69 Å². The van der Waals surface area contributed by atoms with E-state index in [4.69, 9.17) is 4.74 Å². The summed E-state index contributed by atoms with van der Waals surface area (Å²) in [5.74, 6) is -2.11. The van der Waals surface area contributed by atoms with Gasteiger partial charge in [0.1, 0.15) is 12.6 Å². The summed E-state index contributed by atoms with van der Waals surface area (Å²) < 4.78 is 4.65. The summed E-state index contributed by atoms with van der Waals surface area (Å²) in [6.45, 7) is 15.6. The lowest BCUT2D eigenvalue weighted by molar-refractivity contribution is -0.153. The Morgan fingerprint density at radius 3 is 2.64 bits per heavy atom. The number of aryl methyl sites for hydroxylation is 2. The topological polar surface area (TPSA) is 87.1 Å². The number of likely N-dealkylation sites (tertiary alicyclic amines) is 1. The van der Waals surface area contributed by atoms with Crippen LogP contribution in [-0.4, -0.2) is 74.5 Å². The van der Waals surface area contributed by atoms with Crippen molar-refractivity contribution in [2.75, 3.05) is 24.7 Å². The summed E-state index contributed by atoms with van der Waals surface area (Å²) in [5, 5.41) is 10.3. The number of halogens is 1. The molecule has 9 heteroatoms. The maximum atomic E-state index is 14.8. The van der Waals surface area contributed by atoms with Gasteiger partial charge in [-0.15, -0.1) is 18.3 Å². The van der Waals surface area contributed by atoms with Gasteiger partial charge in [-0.05, 0) is 49.8 Å². The molecule has 1 N–H and O–H groups in total. The molecule has 3 aliphatic heterocycles. The lowest BCUT2D eigenvalue weighted by Crippen LogP contribution is -2.58. The van der Waals surface area contributed by atoms with Crippen molar-refractivity contribution in [3.05, 3.63) is 54.6 Å². The summed E-state index contributed by atoms with van der Waals surface area (Å²) in [6, 6.07) is 4.57. The standard InChI is InChI=1S/C30H39BrN2O5S/c1-7-11-32(22-14-18(5)9-10-19(22)6)28(36)26-30-15-21(31)25(39-30)23(29(37)38-12-8-2)24(30)27(35)33(26)20(16-34)13-17(3)4/h7-10,14,17,20-21,23-26,34H,1-2,11-13,15-16H2,3-6H3/t20-,21?,23+,24+,25+,26?,30?/m1/s1. The molecule has 39 heavy (non-hydrogen) atoms. The molecule has 3 unspecified atom stereocenters. The summed E-state index contributed by atoms with van der Waals surface area (Å²) in [5.41, 5.74) is 2.73. The Labute approximate surface area is 244 Å². The lowest BCUT2D eigenvalue weighted by Gasteiger charge is -2.40. The van der Waals surface area contributed by atoms with E-state index in [1.165, 1.54) is 6.08 Å². The monoisotopic (exact) mass is 618 g/mol. The highest BCUT2D eigenvalue weighted by atomic mass is 79.9. The lowest BCUT2D eigenvalue weighted by atomic mass is 9.71. The number of ether oxygens (including phenoxy) is 1. The summed E-state index contributed by atoms with van der Waals surface area (Å²) in [4.78, 5) is 45.8. The van der Waals surface area contributed by atoms with Crippen LogP contribution in [0.25, 0.3) is 0 Å². The normalized spacial score (nSPS) is 29.9. The molecule has 3 aliphatic rings. The Balaban J connectivity index is 1.86. The highest BCUT2D eigenvalue weighted by Crippen LogP contribution is 2.68. The minimum Gasteiger partial charge on any atom is -0.461 e. The third kappa shape index (κ3) is 5.10. The fraction of sp³-hybridized carbons (Fsp3) is 0.567. The van der Waals surface area contributed by atoms with Crippen LogP contribution in [0, 0.1) is 31.6 Å². The molecule has 4 rings (SSSR count). The maximum absolute atomic E-state index is 14.8. The number of thioether (sulfide) groups is 1. The Morgan fingerprint density at radius 1 is 1.31 bits per heavy atom. The van der Waals surface area contributed by atoms with Crippen LogP contribution in [0.2, 0.25) is 0 Å². The van der Waals surface area contributed by atoms with Crippen molar-refractivity contribution in [1.82, 2.24) is 4.90 Å². The van der Waals surface area contributed by atoms with Gasteiger partial charge in [0.25, 0.3) is 5.91 Å². The number of carbonyl (C=O) groups excluding carboxylic acids is 3. The Morgan fingerprint density at radius 2 is 2.03 bits per heavy atom. The number of hydrogen-bond acceptors (Lipinski definition) is 6. The zero-order valence-corrected chi connectivity index (χ0v) is 25.5. The molecule has 1 aromatic rings. The van der Waals surface area contributed by atoms with Crippen molar-refractivity contribution in [2.45, 2.75) is 67.4 Å². The molecule has 3 saturated heterocycles. The molecule has 7 atom stereocenters. The van der Waals surface area contributed by atoms with E-state index in [0.29, 0.717) is 12.8 Å². The van der Waals surface area contributed by atoms with Crippen molar-refractivity contribution in [2.24, 2.45) is 17.8 Å². The van der Waals surface area contributed by atoms with Gasteiger partial charge in [-0.25, -0.2) is 0 Å². The van der Waals surface area contributed by atoms with E-state index in [1.807, 2.05) is 45.9 Å². The number of fused-ring (bicyclic) bond motifs is 1. The SMILES string of the molecule is C=CCOC(=O)[C@H]1[C@H]2C(=O)N([C@@H](CO)CC(C)C)C(C(=O)N(CC=C)c3cc(C)ccc3C)C23CC(Br)[C@@H]1S3. The van der Waals surface area contributed by atoms with Gasteiger partial charge in [0.2, 0.25) is 5.91 Å². The molecule has 2 bridgehead atoms. The van der Waals surface area contributed by atoms with Gasteiger partial charge >= 0.3 is 5.97 Å². The van der Waals surface area contributed by atoms with Gasteiger partial charge in [0.15, 0.2) is 0 Å². The number of alkyl halides is 1. The van der Waals surface area contributed by atoms with Crippen LogP contribution in [0.5, 0.6) is 0 Å². The molecular weight excluding hydrogens is 580 g/mol. The van der Waals surface area contributed by atoms with Crippen LogP contribution in [-0.2, 0) is 19.1 Å². The minimum absolute atomic E-state index is 0.0608. The zero-order chi connectivity index (χ0) is 28.6. The van der Waals surface area contributed by atoms with Crippen molar-refractivity contribution in [3.63, 3.8) is 0 Å². The molecule has 7 nitrogen and oxygen atoms in total. The van der Waals surface area contributed by atoms with Crippen molar-refractivity contribution in [1.29, 1.82) is 0 Å². The molecule has 2 amide bonds. The molecule has 0 radical (unpaired) electrons. The number of carbonyl (C=O) groups is 3. The Kier molecular flexibility index (Phi) is 9.03. The summed E-state index contributed by atoms with van der Waals surface area (Å²) in [7, 11) is 0. The fourth-order valence-electron chi connectivity index (χ4n) is 6.66. The van der Waals surface area contributed by atoms with Gasteiger partial charge in [-0.2, -0.15) is 0 Å². The molecule has 1 aromatic carbocycles. The van der Waals surface area contributed by atoms with Crippen LogP contribution in [0.15, 0.2) is 43.5 Å². The molecule has 1 spiro atoms. The number of esters is 1. The van der Waals surface area contributed by atoms with Crippen molar-refractivity contribution >= 4 is 51.2 Å². The number of aliphatic hydroxyl groups excluding tert-OH is 1. The van der Waals surface area contributed by atoms with Crippen LogP contribution in [0.3, 0.4) is 0 Å². The molecular formula is C30H39BrN2O5S. The second-order valence-corrected chi connectivity index (χ2v) is 14.0. The van der Waals surface area contributed by atoms with Gasteiger partial charge in [0.05, 0.1) is 29.2 Å². The first-order valence-corrected chi connectivity index (χ1v) is 15.3. The second kappa shape index (κ2) is 11.8. The molecule has 0 aliphatic carbocycles. The summed E-state index contributed by atoms with van der Waals surface area (Å²) in [6.07, 6.45) is 4.30. The van der Waals surface area contributed by atoms with E-state index < -0.39 is 34.6 Å². The first-order valence-electron chi connectivity index (χ1n) is 13.5. The number of nitrogens with zero attached hydrogens (tertiary/aromatic N) is 2. The fourth-order valence-corrected chi connectivity index (χ4v) is 10.2. The van der Waals surface area contributed by atoms with Crippen molar-refractivity contribution < 1.29 is 24.2 Å². The number of aliphatic hydroxyl groups is 1. The van der Waals surface area contributed by atoms with Gasteiger partial charge in [-0.3, -0.25) is 14.4 Å². The Hall–Kier alpha value is -2.10. The highest BCUT2D eigenvalue weighted by molar-refractivity contribution is 9.09. The Bertz CT molecular complexity index is 1160. The molecule has 212 valence electrons. The van der Waals surface area contributed by atoms with Gasteiger partial charge in [0, 0.05) is 22.3 Å². The van der Waals surface area contributed by atoms with E-state index >= 15 is 0 Å². The average molecular weight is 620 g/mol. The quantitative estimate of drug-likeness (QED) is 0.224. The van der Waals surface area contributed by atoms with Crippen LogP contribution in [0.1, 0.15) is 37.8 Å². The third-order valence-corrected chi connectivity index (χ3v) is 11.4. The maximum Gasteiger partial charge on any atom is 0.311 e. The van der Waals surface area contributed by atoms with Crippen molar-refractivity contribution in [3.8, 4) is 0 Å². The molecule has 3 fully saturated rings. The predicted octanol–water partition coefficient (Wildman–Crippen LogP) is 4.42. The summed E-state index contributed by atoms with van der Waals surface area (Å²) >= 11 is 5.34. The van der Waals surface area contributed by atoms with Gasteiger partial charge < -0.3 is 19.6 Å². The number of anilines is 1. The average Bonchev–Trinajstić information content (AvgIpc) is 3.48. The minimum atomic E-state index is -0.849. The van der Waals surface area contributed by atoms with Crippen LogP contribution >= 0.6 is 27.7 Å². The number of benzene rings is 1. The van der Waals surface area contributed by atoms with E-state index in [2.05, 4.69) is 29.1 Å².